The van der Waals surface area contributed by atoms with Crippen LogP contribution < -0.4 is 5.43 Å². The zero-order valence-corrected chi connectivity index (χ0v) is 18.9. The number of halogens is 1. The van der Waals surface area contributed by atoms with Crippen molar-refractivity contribution in [3.63, 3.8) is 0 Å². The number of H-pyrrole nitrogens is 1. The van der Waals surface area contributed by atoms with E-state index in [1.807, 2.05) is 72.9 Å². The molecule has 0 aliphatic carbocycles. The monoisotopic (exact) mass is 474 g/mol. The van der Waals surface area contributed by atoms with Crippen LogP contribution in [0.3, 0.4) is 0 Å². The molecule has 0 bridgehead atoms. The molecule has 5 rings (SSSR count). The summed E-state index contributed by atoms with van der Waals surface area (Å²) in [5.74, 6) is -0.668. The van der Waals surface area contributed by atoms with Gasteiger partial charge in [0.25, 0.3) is 11.8 Å². The molecule has 8 heteroatoms. The first kappa shape index (κ1) is 21.3. The Morgan fingerprint density at radius 2 is 1.58 bits per heavy atom. The first-order valence-corrected chi connectivity index (χ1v) is 11.6. The van der Waals surface area contributed by atoms with E-state index >= 15 is 0 Å². The molecule has 2 heterocycles. The van der Waals surface area contributed by atoms with Crippen LogP contribution in [0, 0.1) is 0 Å². The number of nitrogens with zero attached hydrogens (tertiary/aromatic N) is 2. The molecule has 1 fully saturated rings. The van der Waals surface area contributed by atoms with Gasteiger partial charge in [0.1, 0.15) is 6.04 Å². The van der Waals surface area contributed by atoms with Crippen molar-refractivity contribution in [1.82, 2.24) is 20.6 Å². The van der Waals surface area contributed by atoms with Crippen LogP contribution in [0.1, 0.15) is 17.2 Å². The van der Waals surface area contributed by atoms with Crippen LogP contribution in [-0.2, 0) is 9.59 Å². The van der Waals surface area contributed by atoms with Gasteiger partial charge in [0.2, 0.25) is 0 Å². The number of carbonyl (C=O) groups excluding carboxylic acids is 2. The molecule has 1 aliphatic heterocycles. The molecule has 1 saturated heterocycles. The summed E-state index contributed by atoms with van der Waals surface area (Å²) in [5.41, 5.74) is 6.55. The minimum Gasteiger partial charge on any atom is -0.285 e. The van der Waals surface area contributed by atoms with E-state index in [0.717, 1.165) is 34.0 Å². The predicted molar refractivity (Wildman–Crippen MR) is 128 cm³/mol. The second-order valence-corrected chi connectivity index (χ2v) is 9.09. The van der Waals surface area contributed by atoms with Crippen molar-refractivity contribution >= 4 is 35.2 Å². The number of hydrazine groups is 1. The summed E-state index contributed by atoms with van der Waals surface area (Å²) in [6.07, 6.45) is 3.58. The molecule has 4 aromatic rings. The Hall–Kier alpha value is -3.55. The van der Waals surface area contributed by atoms with E-state index in [0.29, 0.717) is 9.92 Å². The third-order valence-corrected chi connectivity index (χ3v) is 7.15. The van der Waals surface area contributed by atoms with E-state index in [-0.39, 0.29) is 11.8 Å². The lowest BCUT2D eigenvalue weighted by atomic mass is 9.96. The lowest BCUT2D eigenvalue weighted by Gasteiger charge is -2.28. The van der Waals surface area contributed by atoms with E-state index in [9.17, 15) is 9.59 Å². The molecule has 0 saturated carbocycles. The minimum absolute atomic E-state index is 0.308. The summed E-state index contributed by atoms with van der Waals surface area (Å²) in [6, 6.07) is 24.3. The zero-order valence-electron chi connectivity index (χ0n) is 17.3. The van der Waals surface area contributed by atoms with Crippen LogP contribution in [0.5, 0.6) is 0 Å². The van der Waals surface area contributed by atoms with Crippen LogP contribution in [0.15, 0.2) is 96.2 Å². The number of thioether (sulfide) groups is 1. The highest BCUT2D eigenvalue weighted by molar-refractivity contribution is 8.01. The predicted octanol–water partition coefficient (Wildman–Crippen LogP) is 4.85. The normalized spacial score (nSPS) is 16.6. The lowest BCUT2D eigenvalue weighted by molar-refractivity contribution is -0.131. The summed E-state index contributed by atoms with van der Waals surface area (Å²) >= 11 is 7.42. The summed E-state index contributed by atoms with van der Waals surface area (Å²) < 4.78 is 0. The number of carbonyl (C=O) groups is 2. The molecule has 33 heavy (non-hydrogen) atoms. The van der Waals surface area contributed by atoms with Gasteiger partial charge in [-0.15, -0.1) is 11.8 Å². The highest BCUT2D eigenvalue weighted by Gasteiger charge is 2.44. The standard InChI is InChI=1S/C25H19ClN4O2S/c26-20-8-4-5-9-21(20)33-23-24(31)29-30(25(23)32)22(17-6-2-1-3-7-17)18-12-10-16(11-13-18)19-14-27-28-15-19/h1-15,22-23H,(H,27,28)(H,29,31). The highest BCUT2D eigenvalue weighted by atomic mass is 35.5. The van der Waals surface area contributed by atoms with E-state index in [1.165, 1.54) is 5.01 Å². The van der Waals surface area contributed by atoms with Crippen LogP contribution in [0.4, 0.5) is 0 Å². The van der Waals surface area contributed by atoms with Gasteiger partial charge in [-0.25, -0.2) is 5.01 Å². The molecule has 0 spiro atoms. The van der Waals surface area contributed by atoms with E-state index in [1.54, 1.807) is 18.3 Å². The van der Waals surface area contributed by atoms with Crippen molar-refractivity contribution in [3.8, 4) is 11.1 Å². The lowest BCUT2D eigenvalue weighted by Crippen LogP contribution is -2.39. The van der Waals surface area contributed by atoms with Crippen molar-refractivity contribution < 1.29 is 9.59 Å². The molecule has 2 atom stereocenters. The maximum absolute atomic E-state index is 13.4. The Labute approximate surface area is 199 Å². The average molecular weight is 475 g/mol. The van der Waals surface area contributed by atoms with Gasteiger partial charge in [-0.1, -0.05) is 78.3 Å². The Bertz CT molecular complexity index is 1280. The fourth-order valence-electron chi connectivity index (χ4n) is 3.83. The fraction of sp³-hybridized carbons (Fsp3) is 0.0800. The third kappa shape index (κ3) is 4.25. The third-order valence-electron chi connectivity index (χ3n) is 5.44. The molecule has 3 aromatic carbocycles. The van der Waals surface area contributed by atoms with Crippen molar-refractivity contribution in [2.45, 2.75) is 16.2 Å². The molecule has 1 aromatic heterocycles. The van der Waals surface area contributed by atoms with Gasteiger partial charge in [0, 0.05) is 16.7 Å². The van der Waals surface area contributed by atoms with Gasteiger partial charge >= 0.3 is 0 Å². The zero-order chi connectivity index (χ0) is 22.8. The van der Waals surface area contributed by atoms with Gasteiger partial charge in [-0.3, -0.25) is 20.1 Å². The number of nitrogens with one attached hydrogen (secondary N) is 2. The summed E-state index contributed by atoms with van der Waals surface area (Å²) in [7, 11) is 0. The largest absolute Gasteiger partial charge is 0.285 e. The fourth-order valence-corrected chi connectivity index (χ4v) is 5.06. The number of hydrogen-bond donors (Lipinski definition) is 2. The summed E-state index contributed by atoms with van der Waals surface area (Å²) in [5, 5.41) is 7.83. The number of rotatable bonds is 6. The maximum Gasteiger partial charge on any atom is 0.265 e. The Morgan fingerprint density at radius 3 is 2.27 bits per heavy atom. The number of aromatic amines is 1. The van der Waals surface area contributed by atoms with Crippen molar-refractivity contribution in [3.05, 3.63) is 107 Å². The smallest absolute Gasteiger partial charge is 0.265 e. The minimum atomic E-state index is -0.915. The molecule has 164 valence electrons. The number of amides is 2. The van der Waals surface area contributed by atoms with Gasteiger partial charge in [0.15, 0.2) is 5.25 Å². The van der Waals surface area contributed by atoms with Gasteiger partial charge in [-0.2, -0.15) is 5.10 Å². The van der Waals surface area contributed by atoms with Gasteiger partial charge in [0.05, 0.1) is 11.2 Å². The molecular formula is C25H19ClN4O2S. The second kappa shape index (κ2) is 9.13. The number of hydrogen-bond acceptors (Lipinski definition) is 4. The van der Waals surface area contributed by atoms with Gasteiger partial charge in [-0.05, 0) is 28.8 Å². The van der Waals surface area contributed by atoms with Crippen LogP contribution in [0.2, 0.25) is 5.02 Å². The number of benzene rings is 3. The van der Waals surface area contributed by atoms with Crippen LogP contribution >= 0.6 is 23.4 Å². The molecule has 2 unspecified atom stereocenters. The SMILES string of the molecule is O=C1NN(C(c2ccccc2)c2ccc(-c3cn[nH]c3)cc2)C(=O)C1Sc1ccccc1Cl. The summed E-state index contributed by atoms with van der Waals surface area (Å²) in [6.45, 7) is 0. The van der Waals surface area contributed by atoms with E-state index in [2.05, 4.69) is 15.6 Å². The average Bonchev–Trinajstić information content (AvgIpc) is 3.47. The maximum atomic E-state index is 13.4. The molecule has 0 radical (unpaired) electrons. The Morgan fingerprint density at radius 1 is 0.879 bits per heavy atom. The number of aromatic nitrogens is 2. The Balaban J connectivity index is 1.48. The highest BCUT2D eigenvalue weighted by Crippen LogP contribution is 2.37. The first-order chi connectivity index (χ1) is 16.1. The topological polar surface area (TPSA) is 78.1 Å². The van der Waals surface area contributed by atoms with Crippen molar-refractivity contribution in [1.29, 1.82) is 0 Å². The Kier molecular flexibility index (Phi) is 5.90. The van der Waals surface area contributed by atoms with Crippen LogP contribution in [0.25, 0.3) is 11.1 Å². The molecular weight excluding hydrogens is 456 g/mol. The van der Waals surface area contributed by atoms with Crippen molar-refractivity contribution in [2.24, 2.45) is 0 Å². The molecule has 1 aliphatic rings. The molecule has 2 amide bonds. The quantitative estimate of drug-likeness (QED) is 0.391. The first-order valence-electron chi connectivity index (χ1n) is 10.3. The van der Waals surface area contributed by atoms with E-state index in [4.69, 9.17) is 11.6 Å². The molecule has 2 N–H and O–H groups in total. The second-order valence-electron chi connectivity index (χ2n) is 7.53. The van der Waals surface area contributed by atoms with Crippen LogP contribution in [-0.4, -0.2) is 32.3 Å². The molecule has 6 nitrogen and oxygen atoms in total. The van der Waals surface area contributed by atoms with E-state index < -0.39 is 11.3 Å². The van der Waals surface area contributed by atoms with Crippen molar-refractivity contribution in [2.75, 3.05) is 0 Å². The van der Waals surface area contributed by atoms with Gasteiger partial charge < -0.3 is 0 Å². The summed E-state index contributed by atoms with van der Waals surface area (Å²) in [4.78, 5) is 27.0.